The number of hydrogen-bond donors (Lipinski definition) is 1. The Morgan fingerprint density at radius 3 is 2.79 bits per heavy atom. The molecule has 0 saturated carbocycles. The topological polar surface area (TPSA) is 15.3 Å². The summed E-state index contributed by atoms with van der Waals surface area (Å²) in [5.74, 6) is 0. The van der Waals surface area contributed by atoms with E-state index in [-0.39, 0.29) is 0 Å². The highest BCUT2D eigenvalue weighted by Gasteiger charge is 2.03. The Kier molecular flexibility index (Phi) is 4.92. The molecule has 0 spiro atoms. The summed E-state index contributed by atoms with van der Waals surface area (Å²) in [4.78, 5) is 2.27. The van der Waals surface area contributed by atoms with Crippen LogP contribution in [-0.4, -0.2) is 26.2 Å². The van der Waals surface area contributed by atoms with Gasteiger partial charge in [-0.1, -0.05) is 13.8 Å². The molecular formula is C10H17BrN2S. The summed E-state index contributed by atoms with van der Waals surface area (Å²) in [5, 5.41) is 6.82. The Labute approximate surface area is 98.4 Å². The predicted molar refractivity (Wildman–Crippen MR) is 68.4 cm³/mol. The first-order valence-corrected chi connectivity index (χ1v) is 6.45. The van der Waals surface area contributed by atoms with Gasteiger partial charge in [0.25, 0.3) is 0 Å². The fourth-order valence-corrected chi connectivity index (χ4v) is 2.55. The molecule has 0 radical (unpaired) electrons. The van der Waals surface area contributed by atoms with Crippen molar-refractivity contribution in [2.24, 2.45) is 0 Å². The van der Waals surface area contributed by atoms with E-state index >= 15 is 0 Å². The Morgan fingerprint density at radius 2 is 2.29 bits per heavy atom. The van der Waals surface area contributed by atoms with E-state index in [0.717, 1.165) is 13.1 Å². The molecule has 80 valence electrons. The number of nitrogens with one attached hydrogen (secondary N) is 1. The van der Waals surface area contributed by atoms with Crippen molar-refractivity contribution in [3.63, 3.8) is 0 Å². The molecule has 2 nitrogen and oxygen atoms in total. The third-order valence-corrected chi connectivity index (χ3v) is 3.73. The lowest BCUT2D eigenvalue weighted by atomic mass is 10.4. The van der Waals surface area contributed by atoms with Crippen molar-refractivity contribution in [3.8, 4) is 0 Å². The van der Waals surface area contributed by atoms with E-state index in [4.69, 9.17) is 0 Å². The third kappa shape index (κ3) is 3.98. The quantitative estimate of drug-likeness (QED) is 0.890. The maximum atomic E-state index is 3.46. The summed E-state index contributed by atoms with van der Waals surface area (Å²) in [7, 11) is 2.13. The molecule has 1 rings (SSSR count). The average molecular weight is 277 g/mol. The molecule has 0 aliphatic rings. The first-order valence-electron chi connectivity index (χ1n) is 4.78. The lowest BCUT2D eigenvalue weighted by Gasteiger charge is -2.18. The first-order chi connectivity index (χ1) is 6.59. The van der Waals surface area contributed by atoms with Gasteiger partial charge in [0.15, 0.2) is 0 Å². The Bertz CT molecular complexity index is 273. The van der Waals surface area contributed by atoms with Crippen LogP contribution in [0.2, 0.25) is 0 Å². The van der Waals surface area contributed by atoms with Crippen molar-refractivity contribution < 1.29 is 0 Å². The lowest BCUT2D eigenvalue weighted by molar-refractivity contribution is 0.590. The Balaban J connectivity index is 2.32. The van der Waals surface area contributed by atoms with Crippen LogP contribution in [0.25, 0.3) is 0 Å². The monoisotopic (exact) mass is 276 g/mol. The van der Waals surface area contributed by atoms with Gasteiger partial charge in [-0.25, -0.2) is 0 Å². The van der Waals surface area contributed by atoms with Gasteiger partial charge in [0.1, 0.15) is 0 Å². The zero-order valence-electron chi connectivity index (χ0n) is 8.88. The van der Waals surface area contributed by atoms with Crippen LogP contribution in [0.3, 0.4) is 0 Å². The average Bonchev–Trinajstić information content (AvgIpc) is 2.51. The summed E-state index contributed by atoms with van der Waals surface area (Å²) in [6.45, 7) is 6.41. The van der Waals surface area contributed by atoms with E-state index in [1.807, 2.05) is 0 Å². The minimum Gasteiger partial charge on any atom is -0.365 e. The van der Waals surface area contributed by atoms with E-state index in [0.29, 0.717) is 6.04 Å². The van der Waals surface area contributed by atoms with E-state index in [9.17, 15) is 0 Å². The molecule has 0 amide bonds. The molecule has 1 N–H and O–H groups in total. The van der Waals surface area contributed by atoms with Crippen LogP contribution in [-0.2, 0) is 0 Å². The normalized spacial score (nSPS) is 10.9. The van der Waals surface area contributed by atoms with E-state index in [2.05, 4.69) is 58.5 Å². The summed E-state index contributed by atoms with van der Waals surface area (Å²) in [6, 6.07) is 2.72. The molecule has 1 aromatic heterocycles. The van der Waals surface area contributed by atoms with Gasteiger partial charge in [-0.3, -0.25) is 0 Å². The van der Waals surface area contributed by atoms with Crippen LogP contribution in [0.4, 0.5) is 5.00 Å². The Hall–Kier alpha value is -0.0600. The smallest absolute Gasteiger partial charge is 0.0918 e. The molecular weight excluding hydrogens is 260 g/mol. The second-order valence-corrected chi connectivity index (χ2v) is 5.44. The largest absolute Gasteiger partial charge is 0.365 e. The zero-order chi connectivity index (χ0) is 10.6. The number of rotatable bonds is 5. The van der Waals surface area contributed by atoms with Gasteiger partial charge in [0.05, 0.1) is 5.00 Å². The minimum atomic E-state index is 0.568. The molecule has 0 atom stereocenters. The van der Waals surface area contributed by atoms with Crippen LogP contribution in [0, 0.1) is 0 Å². The van der Waals surface area contributed by atoms with E-state index in [1.54, 1.807) is 11.3 Å². The van der Waals surface area contributed by atoms with Gasteiger partial charge in [0.2, 0.25) is 0 Å². The highest BCUT2D eigenvalue weighted by molar-refractivity contribution is 9.10. The molecule has 0 saturated heterocycles. The van der Waals surface area contributed by atoms with Gasteiger partial charge in [-0.05, 0) is 22.0 Å². The van der Waals surface area contributed by atoms with Crippen molar-refractivity contribution in [2.45, 2.75) is 19.9 Å². The van der Waals surface area contributed by atoms with Crippen LogP contribution in [0.5, 0.6) is 0 Å². The van der Waals surface area contributed by atoms with Gasteiger partial charge >= 0.3 is 0 Å². The summed E-state index contributed by atoms with van der Waals surface area (Å²) >= 11 is 5.23. The number of halogens is 1. The molecule has 1 heterocycles. The molecule has 14 heavy (non-hydrogen) atoms. The van der Waals surface area contributed by atoms with E-state index in [1.165, 1.54) is 9.47 Å². The van der Waals surface area contributed by atoms with Gasteiger partial charge in [0, 0.05) is 36.0 Å². The van der Waals surface area contributed by atoms with Crippen molar-refractivity contribution in [3.05, 3.63) is 15.9 Å². The van der Waals surface area contributed by atoms with Crippen LogP contribution in [0.1, 0.15) is 13.8 Å². The fraction of sp³-hybridized carbons (Fsp3) is 0.600. The maximum Gasteiger partial charge on any atom is 0.0918 e. The summed E-state index contributed by atoms with van der Waals surface area (Å²) < 4.78 is 1.17. The van der Waals surface area contributed by atoms with Crippen LogP contribution in [0.15, 0.2) is 15.9 Å². The van der Waals surface area contributed by atoms with Gasteiger partial charge < -0.3 is 10.2 Å². The molecule has 0 bridgehead atoms. The number of hydrogen-bond acceptors (Lipinski definition) is 3. The number of anilines is 1. The van der Waals surface area contributed by atoms with Crippen molar-refractivity contribution in [1.82, 2.24) is 5.32 Å². The second kappa shape index (κ2) is 5.73. The van der Waals surface area contributed by atoms with Crippen molar-refractivity contribution in [1.29, 1.82) is 0 Å². The maximum absolute atomic E-state index is 3.46. The molecule has 1 aromatic rings. The van der Waals surface area contributed by atoms with Gasteiger partial charge in [-0.2, -0.15) is 0 Å². The summed E-state index contributed by atoms with van der Waals surface area (Å²) in [6.07, 6.45) is 0. The van der Waals surface area contributed by atoms with Crippen molar-refractivity contribution in [2.75, 3.05) is 25.0 Å². The second-order valence-electron chi connectivity index (χ2n) is 3.63. The molecule has 0 aliphatic carbocycles. The first kappa shape index (κ1) is 12.0. The molecule has 0 aromatic carbocycles. The van der Waals surface area contributed by atoms with Gasteiger partial charge in [-0.15, -0.1) is 11.3 Å². The molecule has 4 heteroatoms. The molecule has 0 fully saturated rings. The summed E-state index contributed by atoms with van der Waals surface area (Å²) in [5.41, 5.74) is 0. The lowest BCUT2D eigenvalue weighted by Crippen LogP contribution is -2.32. The Morgan fingerprint density at radius 1 is 1.57 bits per heavy atom. The van der Waals surface area contributed by atoms with Crippen molar-refractivity contribution >= 4 is 32.3 Å². The van der Waals surface area contributed by atoms with Crippen LogP contribution >= 0.6 is 27.3 Å². The van der Waals surface area contributed by atoms with Crippen LogP contribution < -0.4 is 10.2 Å². The standard InChI is InChI=1S/C10H17BrN2S/c1-8(2)12-4-5-13(3)10-6-9(11)7-14-10/h6-8,12H,4-5H2,1-3H3. The third-order valence-electron chi connectivity index (χ3n) is 1.93. The minimum absolute atomic E-state index is 0.568. The highest BCUT2D eigenvalue weighted by atomic mass is 79.9. The number of nitrogens with zero attached hydrogens (tertiary/aromatic N) is 1. The SMILES string of the molecule is CC(C)NCCN(C)c1cc(Br)cs1. The predicted octanol–water partition coefficient (Wildman–Crippen LogP) is 2.94. The fourth-order valence-electron chi connectivity index (χ4n) is 1.13. The number of thiophene rings is 1. The van der Waals surface area contributed by atoms with E-state index < -0.39 is 0 Å². The highest BCUT2D eigenvalue weighted by Crippen LogP contribution is 2.26. The number of likely N-dealkylation sites (N-methyl/N-ethyl adjacent to an activating group) is 1. The molecule has 0 unspecified atom stereocenters. The molecule has 0 aliphatic heterocycles. The zero-order valence-corrected chi connectivity index (χ0v) is 11.3.